The van der Waals surface area contributed by atoms with Crippen molar-refractivity contribution in [3.05, 3.63) is 60.4 Å². The number of hydrazine groups is 1. The predicted molar refractivity (Wildman–Crippen MR) is 129 cm³/mol. The second kappa shape index (κ2) is 9.95. The van der Waals surface area contributed by atoms with Crippen molar-refractivity contribution < 1.29 is 22.6 Å². The lowest BCUT2D eigenvalue weighted by molar-refractivity contribution is -0.349. The van der Waals surface area contributed by atoms with Gasteiger partial charge in [0.25, 0.3) is 0 Å². The molecular weight excluding hydrogens is 501 g/mol. The molecule has 38 heavy (non-hydrogen) atoms. The molecule has 2 N–H and O–H groups in total. The average Bonchev–Trinajstić information content (AvgIpc) is 3.72. The van der Waals surface area contributed by atoms with E-state index in [4.69, 9.17) is 9.47 Å². The minimum absolute atomic E-state index is 0.0652. The van der Waals surface area contributed by atoms with E-state index in [2.05, 4.69) is 35.4 Å². The van der Waals surface area contributed by atoms with Gasteiger partial charge in [0.2, 0.25) is 5.60 Å². The van der Waals surface area contributed by atoms with E-state index in [1.54, 1.807) is 42.7 Å². The Labute approximate surface area is 218 Å². The molecule has 3 aromatic rings. The van der Waals surface area contributed by atoms with Gasteiger partial charge in [-0.2, -0.15) is 28.6 Å². The number of para-hydroxylation sites is 1. The van der Waals surface area contributed by atoms with Crippen molar-refractivity contribution in [2.24, 2.45) is 5.92 Å². The van der Waals surface area contributed by atoms with Crippen LogP contribution in [0.3, 0.4) is 0 Å². The van der Waals surface area contributed by atoms with E-state index in [1.807, 2.05) is 4.90 Å². The SMILES string of the molecule is FC(F)(F)C1CCN(N2CCCC2)C(c2ncc[nH]2)(N2CCOCC2)C1(Oc1ccccc1)c1cn[nH]n1. The highest BCUT2D eigenvalue weighted by Crippen LogP contribution is 2.60. The van der Waals surface area contributed by atoms with Crippen LogP contribution in [0.5, 0.6) is 5.75 Å². The topological polar surface area (TPSA) is 98.4 Å². The fourth-order valence-electron chi connectivity index (χ4n) is 6.53. The molecule has 0 amide bonds. The summed E-state index contributed by atoms with van der Waals surface area (Å²) in [6.45, 7) is 3.12. The summed E-state index contributed by atoms with van der Waals surface area (Å²) in [5.74, 6) is -1.26. The van der Waals surface area contributed by atoms with Crippen LogP contribution in [0.1, 0.15) is 30.8 Å². The molecule has 0 radical (unpaired) electrons. The lowest BCUT2D eigenvalue weighted by Gasteiger charge is -2.64. The Morgan fingerprint density at radius 1 is 1.03 bits per heavy atom. The quantitative estimate of drug-likeness (QED) is 0.500. The maximum atomic E-state index is 15.3. The van der Waals surface area contributed by atoms with Crippen LogP contribution < -0.4 is 4.74 Å². The largest absolute Gasteiger partial charge is 0.476 e. The Morgan fingerprint density at radius 3 is 2.42 bits per heavy atom. The van der Waals surface area contributed by atoms with Crippen molar-refractivity contribution in [2.45, 2.75) is 36.7 Å². The molecule has 13 heteroatoms. The minimum Gasteiger partial charge on any atom is -0.476 e. The van der Waals surface area contributed by atoms with Crippen LogP contribution in [0.2, 0.25) is 0 Å². The van der Waals surface area contributed by atoms with Gasteiger partial charge in [0, 0.05) is 45.1 Å². The summed E-state index contributed by atoms with van der Waals surface area (Å²) in [6.07, 6.45) is 1.68. The first kappa shape index (κ1) is 25.3. The van der Waals surface area contributed by atoms with Gasteiger partial charge in [-0.3, -0.25) is 4.90 Å². The number of rotatable bonds is 6. The number of nitrogens with one attached hydrogen (secondary N) is 2. The standard InChI is InChI=1S/C25H31F3N8O2/c26-25(27,28)20-8-13-36(35-11-4-5-12-35)24(22-29-9-10-30-22,34-14-16-37-17-15-34)23(20,21-18-31-33-32-21)38-19-6-2-1-3-7-19/h1-3,6-7,9-10,18,20H,4-5,8,11-17H2,(H,29,30)(H,31,32,33). The van der Waals surface area contributed by atoms with Gasteiger partial charge in [-0.1, -0.05) is 18.2 Å². The third kappa shape index (κ3) is 3.91. The third-order valence-corrected chi connectivity index (χ3v) is 7.95. The number of H-pyrrole nitrogens is 2. The smallest absolute Gasteiger partial charge is 0.396 e. The van der Waals surface area contributed by atoms with Crippen LogP contribution >= 0.6 is 0 Å². The van der Waals surface area contributed by atoms with Crippen molar-refractivity contribution in [3.63, 3.8) is 0 Å². The van der Waals surface area contributed by atoms with Crippen LogP contribution in [0.15, 0.2) is 48.9 Å². The van der Waals surface area contributed by atoms with Crippen molar-refractivity contribution in [1.29, 1.82) is 0 Å². The van der Waals surface area contributed by atoms with E-state index in [0.29, 0.717) is 37.9 Å². The number of imidazole rings is 1. The summed E-state index contributed by atoms with van der Waals surface area (Å²) in [4.78, 5) is 9.90. The van der Waals surface area contributed by atoms with Crippen LogP contribution in [0.25, 0.3) is 0 Å². The van der Waals surface area contributed by atoms with E-state index in [-0.39, 0.29) is 18.7 Å². The number of ether oxygens (including phenoxy) is 2. The first-order chi connectivity index (χ1) is 18.5. The van der Waals surface area contributed by atoms with E-state index in [1.165, 1.54) is 6.20 Å². The zero-order valence-electron chi connectivity index (χ0n) is 20.9. The van der Waals surface area contributed by atoms with Crippen LogP contribution in [-0.4, -0.2) is 92.4 Å². The predicted octanol–water partition coefficient (Wildman–Crippen LogP) is 2.88. The number of halogens is 3. The van der Waals surface area contributed by atoms with Crippen molar-refractivity contribution in [2.75, 3.05) is 45.9 Å². The van der Waals surface area contributed by atoms with E-state index in [0.717, 1.165) is 25.9 Å². The fraction of sp³-hybridized carbons (Fsp3) is 0.560. The molecule has 3 fully saturated rings. The molecule has 5 heterocycles. The third-order valence-electron chi connectivity index (χ3n) is 7.95. The van der Waals surface area contributed by atoms with E-state index in [9.17, 15) is 0 Å². The Balaban J connectivity index is 1.71. The number of benzene rings is 1. The molecule has 1 aromatic carbocycles. The summed E-state index contributed by atoms with van der Waals surface area (Å²) >= 11 is 0. The number of morpholine rings is 1. The van der Waals surface area contributed by atoms with E-state index >= 15 is 13.2 Å². The average molecular weight is 533 g/mol. The van der Waals surface area contributed by atoms with E-state index < -0.39 is 23.4 Å². The van der Waals surface area contributed by atoms with Crippen molar-refractivity contribution in [1.82, 2.24) is 40.3 Å². The molecule has 3 aliphatic rings. The number of aromatic amines is 2. The Morgan fingerprint density at radius 2 is 1.79 bits per heavy atom. The molecule has 3 saturated heterocycles. The monoisotopic (exact) mass is 532 g/mol. The molecular formula is C25H31F3N8O2. The summed E-state index contributed by atoms with van der Waals surface area (Å²) in [5, 5.41) is 15.1. The highest BCUT2D eigenvalue weighted by atomic mass is 19.4. The molecule has 2 aromatic heterocycles. The second-order valence-corrected chi connectivity index (χ2v) is 9.88. The molecule has 0 bridgehead atoms. The number of hydrogen-bond donors (Lipinski definition) is 2. The lowest BCUT2D eigenvalue weighted by Crippen LogP contribution is -2.80. The van der Waals surface area contributed by atoms with Gasteiger partial charge >= 0.3 is 6.18 Å². The Bertz CT molecular complexity index is 1170. The van der Waals surface area contributed by atoms with Gasteiger partial charge in [0.15, 0.2) is 5.66 Å². The van der Waals surface area contributed by atoms with Gasteiger partial charge in [-0.25, -0.2) is 15.0 Å². The van der Waals surface area contributed by atoms with Gasteiger partial charge in [0.1, 0.15) is 23.2 Å². The summed E-state index contributed by atoms with van der Waals surface area (Å²) < 4.78 is 58.5. The lowest BCUT2D eigenvalue weighted by atomic mass is 9.67. The molecule has 3 aliphatic heterocycles. The summed E-state index contributed by atoms with van der Waals surface area (Å²) in [6, 6.07) is 8.65. The molecule has 10 nitrogen and oxygen atoms in total. The Kier molecular flexibility index (Phi) is 6.62. The molecule has 0 aliphatic carbocycles. The molecule has 0 spiro atoms. The van der Waals surface area contributed by atoms with Crippen LogP contribution in [0.4, 0.5) is 13.2 Å². The minimum atomic E-state index is -4.62. The number of piperidine rings is 1. The summed E-state index contributed by atoms with van der Waals surface area (Å²) in [7, 11) is 0. The summed E-state index contributed by atoms with van der Waals surface area (Å²) in [5.41, 5.74) is -3.57. The zero-order valence-corrected chi connectivity index (χ0v) is 20.9. The van der Waals surface area contributed by atoms with Crippen molar-refractivity contribution in [3.8, 4) is 5.75 Å². The number of alkyl halides is 3. The van der Waals surface area contributed by atoms with Gasteiger partial charge < -0.3 is 14.5 Å². The molecule has 3 atom stereocenters. The number of aromatic nitrogens is 5. The number of nitrogens with zero attached hydrogens (tertiary/aromatic N) is 6. The van der Waals surface area contributed by atoms with Crippen LogP contribution in [-0.2, 0) is 16.0 Å². The maximum absolute atomic E-state index is 15.3. The highest BCUT2D eigenvalue weighted by Gasteiger charge is 2.76. The first-order valence-electron chi connectivity index (χ1n) is 13.0. The Hall–Kier alpha value is -3.00. The molecule has 3 unspecified atom stereocenters. The van der Waals surface area contributed by atoms with Crippen LogP contribution in [0, 0.1) is 5.92 Å². The zero-order chi connectivity index (χ0) is 26.2. The van der Waals surface area contributed by atoms with Gasteiger partial charge in [0.05, 0.1) is 19.4 Å². The normalized spacial score (nSPS) is 30.0. The molecule has 0 saturated carbocycles. The molecule has 6 rings (SSSR count). The maximum Gasteiger partial charge on any atom is 0.396 e. The second-order valence-electron chi connectivity index (χ2n) is 9.88. The van der Waals surface area contributed by atoms with Gasteiger partial charge in [-0.15, -0.1) is 0 Å². The first-order valence-corrected chi connectivity index (χ1v) is 13.0. The van der Waals surface area contributed by atoms with Crippen molar-refractivity contribution >= 4 is 0 Å². The van der Waals surface area contributed by atoms with Gasteiger partial charge in [-0.05, 0) is 31.4 Å². The molecule has 204 valence electrons. The fourth-order valence-corrected chi connectivity index (χ4v) is 6.53. The highest BCUT2D eigenvalue weighted by molar-refractivity contribution is 5.33. The number of hydrogen-bond acceptors (Lipinski definition) is 8.